The zero-order chi connectivity index (χ0) is 14.0. The van der Waals surface area contributed by atoms with E-state index in [1.54, 1.807) is 6.92 Å². The number of carbonyl (C=O) groups is 1. The van der Waals surface area contributed by atoms with Gasteiger partial charge in [0.15, 0.2) is 12.5 Å². The van der Waals surface area contributed by atoms with E-state index in [2.05, 4.69) is 9.97 Å². The van der Waals surface area contributed by atoms with E-state index >= 15 is 0 Å². The number of aryl methyl sites for hydroxylation is 1. The Morgan fingerprint density at radius 3 is 2.84 bits per heavy atom. The molecule has 0 aromatic carbocycles. The van der Waals surface area contributed by atoms with Gasteiger partial charge >= 0.3 is 5.97 Å². The smallest absolute Gasteiger partial charge is 0.360 e. The maximum atomic E-state index is 12.5. The summed E-state index contributed by atoms with van der Waals surface area (Å²) in [4.78, 5) is 19.2. The van der Waals surface area contributed by atoms with Crippen molar-refractivity contribution in [2.75, 3.05) is 6.79 Å². The van der Waals surface area contributed by atoms with Crippen molar-refractivity contribution >= 4 is 17.6 Å². The summed E-state index contributed by atoms with van der Waals surface area (Å²) >= 11 is 5.66. The SMILES string of the molecule is Cc1nc(C(=O)OCOC2CC(F)(F)C2)cnc1Cl. The molecule has 1 aromatic heterocycles. The molecular weight excluding hydrogens is 282 g/mol. The zero-order valence-corrected chi connectivity index (χ0v) is 10.8. The van der Waals surface area contributed by atoms with Crippen LogP contribution in [0.2, 0.25) is 5.15 Å². The van der Waals surface area contributed by atoms with Gasteiger partial charge in [0.1, 0.15) is 5.15 Å². The average molecular weight is 293 g/mol. The van der Waals surface area contributed by atoms with E-state index in [-0.39, 0.29) is 30.5 Å². The first-order chi connectivity index (χ1) is 8.87. The Hall–Kier alpha value is -1.34. The van der Waals surface area contributed by atoms with Gasteiger partial charge < -0.3 is 9.47 Å². The summed E-state index contributed by atoms with van der Waals surface area (Å²) in [5.74, 6) is -3.40. The zero-order valence-electron chi connectivity index (χ0n) is 10.0. The van der Waals surface area contributed by atoms with Gasteiger partial charge in [0.25, 0.3) is 5.92 Å². The predicted octanol–water partition coefficient (Wildman–Crippen LogP) is 2.37. The molecule has 1 aliphatic rings. The van der Waals surface area contributed by atoms with E-state index in [1.165, 1.54) is 6.20 Å². The molecular formula is C11H11ClF2N2O3. The minimum Gasteiger partial charge on any atom is -0.434 e. The fourth-order valence-electron chi connectivity index (χ4n) is 1.55. The molecule has 5 nitrogen and oxygen atoms in total. The van der Waals surface area contributed by atoms with Crippen LogP contribution in [0, 0.1) is 6.92 Å². The fourth-order valence-corrected chi connectivity index (χ4v) is 1.64. The molecule has 1 saturated carbocycles. The molecule has 8 heteroatoms. The fraction of sp³-hybridized carbons (Fsp3) is 0.545. The number of hydrogen-bond donors (Lipinski definition) is 0. The molecule has 2 rings (SSSR count). The molecule has 0 atom stereocenters. The molecule has 0 saturated heterocycles. The third kappa shape index (κ3) is 3.57. The standard InChI is InChI=1S/C11H11ClF2N2O3/c1-6-9(12)15-4-8(16-6)10(17)19-5-18-7-2-11(13,14)3-7/h4,7H,2-3,5H2,1H3. The van der Waals surface area contributed by atoms with E-state index in [0.717, 1.165) is 0 Å². The largest absolute Gasteiger partial charge is 0.434 e. The molecule has 0 aliphatic heterocycles. The molecule has 0 spiro atoms. The predicted molar refractivity (Wildman–Crippen MR) is 61.1 cm³/mol. The Kier molecular flexibility index (Phi) is 3.96. The highest BCUT2D eigenvalue weighted by Gasteiger charge is 2.46. The van der Waals surface area contributed by atoms with Crippen LogP contribution < -0.4 is 0 Å². The number of aromatic nitrogens is 2. The van der Waals surface area contributed by atoms with Crippen molar-refractivity contribution in [3.05, 3.63) is 22.7 Å². The van der Waals surface area contributed by atoms with E-state index in [4.69, 9.17) is 21.1 Å². The molecule has 1 fully saturated rings. The Morgan fingerprint density at radius 2 is 2.26 bits per heavy atom. The highest BCUT2D eigenvalue weighted by molar-refractivity contribution is 6.30. The number of rotatable bonds is 4. The molecule has 0 amide bonds. The number of halogens is 3. The minimum atomic E-state index is -2.66. The number of hydrogen-bond acceptors (Lipinski definition) is 5. The van der Waals surface area contributed by atoms with Crippen molar-refractivity contribution in [2.24, 2.45) is 0 Å². The highest BCUT2D eigenvalue weighted by atomic mass is 35.5. The molecule has 19 heavy (non-hydrogen) atoms. The van der Waals surface area contributed by atoms with E-state index in [0.29, 0.717) is 5.69 Å². The van der Waals surface area contributed by atoms with Crippen LogP contribution in [0.1, 0.15) is 29.0 Å². The second kappa shape index (κ2) is 5.34. The van der Waals surface area contributed by atoms with Gasteiger partial charge in [0.2, 0.25) is 0 Å². The Bertz CT molecular complexity index is 491. The molecule has 1 aromatic rings. The van der Waals surface area contributed by atoms with Crippen LogP contribution >= 0.6 is 11.6 Å². The van der Waals surface area contributed by atoms with E-state index < -0.39 is 18.0 Å². The summed E-state index contributed by atoms with van der Waals surface area (Å²) in [5, 5.41) is 0.199. The third-order valence-corrected chi connectivity index (χ3v) is 3.01. The molecule has 1 heterocycles. The van der Waals surface area contributed by atoms with Crippen molar-refractivity contribution < 1.29 is 23.0 Å². The lowest BCUT2D eigenvalue weighted by atomic mass is 9.91. The lowest BCUT2D eigenvalue weighted by Crippen LogP contribution is -2.41. The first kappa shape index (κ1) is 14.1. The first-order valence-electron chi connectivity index (χ1n) is 5.53. The molecule has 1 aliphatic carbocycles. The topological polar surface area (TPSA) is 61.3 Å². The van der Waals surface area contributed by atoms with Crippen molar-refractivity contribution in [1.29, 1.82) is 0 Å². The lowest BCUT2D eigenvalue weighted by Gasteiger charge is -2.34. The normalized spacial score (nSPS) is 17.9. The first-order valence-corrected chi connectivity index (χ1v) is 5.91. The van der Waals surface area contributed by atoms with Gasteiger partial charge in [-0.1, -0.05) is 11.6 Å². The van der Waals surface area contributed by atoms with E-state index in [1.807, 2.05) is 0 Å². The monoisotopic (exact) mass is 292 g/mol. The summed E-state index contributed by atoms with van der Waals surface area (Å²) in [6, 6.07) is 0. The van der Waals surface area contributed by atoms with Crippen molar-refractivity contribution in [1.82, 2.24) is 9.97 Å². The van der Waals surface area contributed by atoms with Crippen LogP contribution in [0.25, 0.3) is 0 Å². The maximum absolute atomic E-state index is 12.5. The van der Waals surface area contributed by atoms with Crippen LogP contribution in [0.15, 0.2) is 6.20 Å². The van der Waals surface area contributed by atoms with Gasteiger partial charge in [-0.25, -0.2) is 23.5 Å². The number of ether oxygens (including phenoxy) is 2. The van der Waals surface area contributed by atoms with Gasteiger partial charge in [-0.15, -0.1) is 0 Å². The van der Waals surface area contributed by atoms with Crippen LogP contribution in [0.4, 0.5) is 8.78 Å². The van der Waals surface area contributed by atoms with Crippen LogP contribution in [-0.4, -0.2) is 34.8 Å². The second-order valence-corrected chi connectivity index (χ2v) is 4.59. The lowest BCUT2D eigenvalue weighted by molar-refractivity contribution is -0.188. The van der Waals surface area contributed by atoms with Crippen molar-refractivity contribution in [3.8, 4) is 0 Å². The molecule has 0 N–H and O–H groups in total. The second-order valence-electron chi connectivity index (χ2n) is 4.23. The highest BCUT2D eigenvalue weighted by Crippen LogP contribution is 2.39. The van der Waals surface area contributed by atoms with Crippen molar-refractivity contribution in [2.45, 2.75) is 31.8 Å². The summed E-state index contributed by atoms with van der Waals surface area (Å²) in [6.07, 6.45) is -0.0786. The van der Waals surface area contributed by atoms with Gasteiger partial charge in [-0.2, -0.15) is 0 Å². The summed E-state index contributed by atoms with van der Waals surface area (Å²) in [7, 11) is 0. The third-order valence-electron chi connectivity index (χ3n) is 2.64. The maximum Gasteiger partial charge on any atom is 0.360 e. The van der Waals surface area contributed by atoms with Crippen molar-refractivity contribution in [3.63, 3.8) is 0 Å². The quantitative estimate of drug-likeness (QED) is 0.630. The van der Waals surface area contributed by atoms with Crippen LogP contribution in [0.5, 0.6) is 0 Å². The molecule has 104 valence electrons. The Labute approximate surface area is 112 Å². The Balaban J connectivity index is 1.77. The molecule has 0 bridgehead atoms. The molecule has 0 radical (unpaired) electrons. The van der Waals surface area contributed by atoms with Gasteiger partial charge in [-0.3, -0.25) is 0 Å². The van der Waals surface area contributed by atoms with Gasteiger partial charge in [-0.05, 0) is 6.92 Å². The van der Waals surface area contributed by atoms with Crippen LogP contribution in [0.3, 0.4) is 0 Å². The summed E-state index contributed by atoms with van der Waals surface area (Å²) in [6.45, 7) is 1.21. The number of carbonyl (C=O) groups excluding carboxylic acids is 1. The number of nitrogens with zero attached hydrogens (tertiary/aromatic N) is 2. The summed E-state index contributed by atoms with van der Waals surface area (Å²) < 4.78 is 34.7. The minimum absolute atomic E-state index is 0.00978. The van der Waals surface area contributed by atoms with E-state index in [9.17, 15) is 13.6 Å². The van der Waals surface area contributed by atoms with Gasteiger partial charge in [0.05, 0.1) is 18.0 Å². The van der Waals surface area contributed by atoms with Gasteiger partial charge in [0, 0.05) is 12.8 Å². The molecule has 0 unspecified atom stereocenters. The van der Waals surface area contributed by atoms with Crippen LogP contribution in [-0.2, 0) is 9.47 Å². The Morgan fingerprint density at radius 1 is 1.58 bits per heavy atom. The summed E-state index contributed by atoms with van der Waals surface area (Å²) in [5.41, 5.74) is 0.389. The number of alkyl halides is 2. The number of esters is 1. The average Bonchev–Trinajstić information content (AvgIpc) is 2.30.